The molecule has 0 radical (unpaired) electrons. The Morgan fingerprint density at radius 3 is 0.986 bits per heavy atom. The number of hydrogen-bond donors (Lipinski definition) is 3. The van der Waals surface area contributed by atoms with Crippen molar-refractivity contribution in [2.45, 2.75) is 386 Å². The summed E-state index contributed by atoms with van der Waals surface area (Å²) in [6.45, 7) is 4.98. The van der Waals surface area contributed by atoms with Crippen LogP contribution >= 0.6 is 0 Å². The van der Waals surface area contributed by atoms with Crippen LogP contribution in [0, 0.1) is 0 Å². The van der Waals surface area contributed by atoms with E-state index in [1.54, 1.807) is 0 Å². The fraction of sp³-hybridized carbons (Fsp3) is 0.939. The molecule has 3 N–H and O–H groups in total. The third kappa shape index (κ3) is 57.9. The van der Waals surface area contributed by atoms with Crippen LogP contribution in [0.2, 0.25) is 0 Å². The van der Waals surface area contributed by atoms with Gasteiger partial charge in [-0.1, -0.05) is 321 Å². The number of rotatable bonds is 62. The average molecular weight is 1020 g/mol. The van der Waals surface area contributed by atoms with Crippen LogP contribution in [0.1, 0.15) is 373 Å². The van der Waals surface area contributed by atoms with Crippen LogP contribution in [0.5, 0.6) is 0 Å². The average Bonchev–Trinajstić information content (AvgIpc) is 3.38. The van der Waals surface area contributed by atoms with Crippen LogP contribution in [-0.2, 0) is 14.3 Å². The molecule has 6 nitrogen and oxygen atoms in total. The quantitative estimate of drug-likeness (QED) is 0.0320. The first-order valence-corrected chi connectivity index (χ1v) is 32.9. The maximum Gasteiger partial charge on any atom is 0.305 e. The van der Waals surface area contributed by atoms with Gasteiger partial charge < -0.3 is 20.3 Å². The Labute approximate surface area is 450 Å². The predicted octanol–water partition coefficient (Wildman–Crippen LogP) is 20.8. The Kier molecular flexibility index (Phi) is 60.9. The van der Waals surface area contributed by atoms with Crippen LogP contribution in [-0.4, -0.2) is 47.4 Å². The summed E-state index contributed by atoms with van der Waals surface area (Å²) in [5, 5.41) is 23.4. The normalized spacial score (nSPS) is 12.6. The van der Waals surface area contributed by atoms with Gasteiger partial charge in [0.2, 0.25) is 5.91 Å². The minimum absolute atomic E-state index is 0.0115. The summed E-state index contributed by atoms with van der Waals surface area (Å²) in [5.41, 5.74) is 0. The van der Waals surface area contributed by atoms with Crippen LogP contribution in [0.4, 0.5) is 0 Å². The highest BCUT2D eigenvalue weighted by Gasteiger charge is 2.20. The summed E-state index contributed by atoms with van der Waals surface area (Å²) < 4.78 is 5.49. The fourth-order valence-electron chi connectivity index (χ4n) is 10.5. The Hall–Kier alpha value is -1.40. The Bertz CT molecular complexity index is 1080. The van der Waals surface area contributed by atoms with E-state index in [0.29, 0.717) is 25.9 Å². The van der Waals surface area contributed by atoms with Gasteiger partial charge in [0.15, 0.2) is 0 Å². The van der Waals surface area contributed by atoms with Gasteiger partial charge in [0.05, 0.1) is 25.4 Å². The lowest BCUT2D eigenvalue weighted by molar-refractivity contribution is -0.143. The molecule has 0 heterocycles. The Balaban J connectivity index is 3.41. The number of aliphatic hydroxyl groups is 2. The molecule has 2 unspecified atom stereocenters. The molecule has 0 aromatic heterocycles. The molecule has 2 atom stereocenters. The van der Waals surface area contributed by atoms with E-state index in [-0.39, 0.29) is 18.5 Å². The second-order valence-corrected chi connectivity index (χ2v) is 22.8. The number of hydrogen-bond acceptors (Lipinski definition) is 5. The number of aliphatic hydroxyl groups excluding tert-OH is 2. The third-order valence-corrected chi connectivity index (χ3v) is 15.6. The molecule has 0 saturated heterocycles. The number of carbonyl (C=O) groups is 2. The minimum atomic E-state index is -0.669. The number of allylic oxidation sites excluding steroid dienone is 2. The number of esters is 1. The number of amides is 1. The zero-order valence-electron chi connectivity index (χ0n) is 48.9. The van der Waals surface area contributed by atoms with Crippen LogP contribution in [0.25, 0.3) is 0 Å². The van der Waals surface area contributed by atoms with E-state index in [1.807, 2.05) is 0 Å². The summed E-state index contributed by atoms with van der Waals surface area (Å²) in [7, 11) is 0. The molecule has 0 bridgehead atoms. The molecule has 0 aromatic rings. The molecule has 0 aromatic carbocycles. The lowest BCUT2D eigenvalue weighted by Gasteiger charge is -2.22. The van der Waals surface area contributed by atoms with Crippen LogP contribution in [0.3, 0.4) is 0 Å². The summed E-state index contributed by atoms with van der Waals surface area (Å²) in [6.07, 6.45) is 75.2. The minimum Gasteiger partial charge on any atom is -0.466 e. The second kappa shape index (κ2) is 62.1. The van der Waals surface area contributed by atoms with Crippen molar-refractivity contribution in [2.24, 2.45) is 0 Å². The molecule has 6 heteroatoms. The highest BCUT2D eigenvalue weighted by molar-refractivity contribution is 5.76. The first-order valence-electron chi connectivity index (χ1n) is 32.9. The zero-order valence-corrected chi connectivity index (χ0v) is 48.9. The molecule has 72 heavy (non-hydrogen) atoms. The van der Waals surface area contributed by atoms with Gasteiger partial charge in [-0.05, 0) is 51.4 Å². The van der Waals surface area contributed by atoms with Gasteiger partial charge >= 0.3 is 5.97 Å². The Morgan fingerprint density at radius 1 is 0.375 bits per heavy atom. The van der Waals surface area contributed by atoms with E-state index in [1.165, 1.54) is 302 Å². The van der Waals surface area contributed by atoms with Gasteiger partial charge in [-0.15, -0.1) is 0 Å². The first kappa shape index (κ1) is 70.6. The lowest BCUT2D eigenvalue weighted by atomic mass is 10.0. The summed E-state index contributed by atoms with van der Waals surface area (Å²) >= 11 is 0. The molecule has 0 aliphatic carbocycles. The molecule has 0 saturated carbocycles. The molecule has 1 amide bonds. The fourth-order valence-corrected chi connectivity index (χ4v) is 10.5. The van der Waals surface area contributed by atoms with Gasteiger partial charge in [0.25, 0.3) is 0 Å². The smallest absolute Gasteiger partial charge is 0.305 e. The van der Waals surface area contributed by atoms with E-state index < -0.39 is 12.1 Å². The predicted molar refractivity (Wildman–Crippen MR) is 315 cm³/mol. The summed E-state index contributed by atoms with van der Waals surface area (Å²) in [6, 6.07) is -0.547. The largest absolute Gasteiger partial charge is 0.466 e. The van der Waals surface area contributed by atoms with E-state index in [9.17, 15) is 19.8 Å². The number of unbranched alkanes of at least 4 members (excludes halogenated alkanes) is 49. The number of carbonyl (C=O) groups excluding carboxylic acids is 2. The monoisotopic (exact) mass is 1020 g/mol. The van der Waals surface area contributed by atoms with Gasteiger partial charge in [-0.3, -0.25) is 9.59 Å². The van der Waals surface area contributed by atoms with Crippen LogP contribution < -0.4 is 5.32 Å². The van der Waals surface area contributed by atoms with Gasteiger partial charge in [-0.25, -0.2) is 0 Å². The molecule has 428 valence electrons. The SMILES string of the molecule is CCCCCCCCCCCCCCCCCCCCCCC(O)C(CO)NC(=O)CCCCCCCCC/C=C\CCCCCCCCCCCCOC(=O)CCCCCCCCCCCCCCCC. The highest BCUT2D eigenvalue weighted by Crippen LogP contribution is 2.18. The summed E-state index contributed by atoms with van der Waals surface area (Å²) in [5.74, 6) is -0.0271. The van der Waals surface area contributed by atoms with Crippen molar-refractivity contribution in [3.05, 3.63) is 12.2 Å². The van der Waals surface area contributed by atoms with E-state index in [2.05, 4.69) is 31.3 Å². The number of ether oxygens (including phenoxy) is 1. The van der Waals surface area contributed by atoms with Gasteiger partial charge in [-0.2, -0.15) is 0 Å². The summed E-state index contributed by atoms with van der Waals surface area (Å²) in [4.78, 5) is 24.6. The Morgan fingerprint density at radius 2 is 0.653 bits per heavy atom. The maximum absolute atomic E-state index is 12.5. The second-order valence-electron chi connectivity index (χ2n) is 22.8. The number of nitrogens with one attached hydrogen (secondary N) is 1. The van der Waals surface area contributed by atoms with Crippen molar-refractivity contribution in [2.75, 3.05) is 13.2 Å². The molecular weight excluding hydrogens is 887 g/mol. The lowest BCUT2D eigenvalue weighted by Crippen LogP contribution is -2.45. The van der Waals surface area contributed by atoms with Crippen LogP contribution in [0.15, 0.2) is 12.2 Å². The van der Waals surface area contributed by atoms with E-state index in [0.717, 1.165) is 38.5 Å². The molecule has 0 fully saturated rings. The van der Waals surface area contributed by atoms with Crippen molar-refractivity contribution in [1.29, 1.82) is 0 Å². The molecular formula is C66H129NO5. The first-order chi connectivity index (χ1) is 35.5. The standard InChI is InChI=1S/C66H129NO5/c1-3-5-7-9-11-13-15-17-19-20-21-25-28-31-34-38-42-46-50-54-58-64(69)63(62-68)67-65(70)59-55-51-47-43-39-35-32-29-26-23-22-24-27-30-33-37-41-45-49-53-57-61-72-66(71)60-56-52-48-44-40-36-18-16-14-12-10-8-6-4-2/h23,26,63-64,68-69H,3-22,24-25,27-62H2,1-2H3,(H,67,70)/b26-23-. The van der Waals surface area contributed by atoms with Crippen molar-refractivity contribution in [3.8, 4) is 0 Å². The third-order valence-electron chi connectivity index (χ3n) is 15.6. The molecule has 0 aliphatic rings. The maximum atomic E-state index is 12.5. The topological polar surface area (TPSA) is 95.9 Å². The molecule has 0 spiro atoms. The van der Waals surface area contributed by atoms with E-state index >= 15 is 0 Å². The van der Waals surface area contributed by atoms with Gasteiger partial charge in [0.1, 0.15) is 0 Å². The molecule has 0 rings (SSSR count). The van der Waals surface area contributed by atoms with Gasteiger partial charge in [0, 0.05) is 12.8 Å². The van der Waals surface area contributed by atoms with E-state index in [4.69, 9.17) is 4.74 Å². The van der Waals surface area contributed by atoms with Crippen molar-refractivity contribution in [3.63, 3.8) is 0 Å². The van der Waals surface area contributed by atoms with Crippen molar-refractivity contribution < 1.29 is 24.5 Å². The zero-order chi connectivity index (χ0) is 52.2. The molecule has 0 aliphatic heterocycles. The van der Waals surface area contributed by atoms with Crippen molar-refractivity contribution in [1.82, 2.24) is 5.32 Å². The van der Waals surface area contributed by atoms with Crippen molar-refractivity contribution >= 4 is 11.9 Å². The highest BCUT2D eigenvalue weighted by atomic mass is 16.5.